The van der Waals surface area contributed by atoms with Gasteiger partial charge in [-0.3, -0.25) is 0 Å². The summed E-state index contributed by atoms with van der Waals surface area (Å²) in [6, 6.07) is 8.71. The number of aryl methyl sites for hydroxylation is 2. The Labute approximate surface area is 92.1 Å². The first-order chi connectivity index (χ1) is 7.02. The quantitative estimate of drug-likeness (QED) is 0.753. The van der Waals surface area contributed by atoms with E-state index in [4.69, 9.17) is 5.26 Å². The SMILES string of the molecule is Cc1cc(C)cc(N(C)CC(C)C#N)c1. The Bertz CT molecular complexity index is 356. The number of benzene rings is 1. The number of nitrogens with zero attached hydrogens (tertiary/aromatic N) is 2. The van der Waals surface area contributed by atoms with E-state index >= 15 is 0 Å². The first-order valence-corrected chi connectivity index (χ1v) is 5.22. The Morgan fingerprint density at radius 1 is 1.27 bits per heavy atom. The van der Waals surface area contributed by atoms with Crippen molar-refractivity contribution in [1.82, 2.24) is 0 Å². The highest BCUT2D eigenvalue weighted by Crippen LogP contribution is 2.18. The number of nitriles is 1. The van der Waals surface area contributed by atoms with Gasteiger partial charge in [0.15, 0.2) is 0 Å². The first-order valence-electron chi connectivity index (χ1n) is 5.22. The molecule has 0 saturated heterocycles. The normalized spacial score (nSPS) is 11.9. The van der Waals surface area contributed by atoms with Gasteiger partial charge in [-0.1, -0.05) is 6.07 Å². The van der Waals surface area contributed by atoms with Crippen molar-refractivity contribution >= 4 is 5.69 Å². The molecule has 1 rings (SSSR count). The lowest BCUT2D eigenvalue weighted by molar-refractivity contribution is 0.716. The van der Waals surface area contributed by atoms with Crippen molar-refractivity contribution in [1.29, 1.82) is 5.26 Å². The molecule has 0 radical (unpaired) electrons. The molecule has 1 unspecified atom stereocenters. The van der Waals surface area contributed by atoms with E-state index in [1.165, 1.54) is 16.8 Å². The van der Waals surface area contributed by atoms with Crippen LogP contribution in [0, 0.1) is 31.1 Å². The Morgan fingerprint density at radius 3 is 2.27 bits per heavy atom. The van der Waals surface area contributed by atoms with E-state index < -0.39 is 0 Å². The van der Waals surface area contributed by atoms with E-state index in [1.54, 1.807) is 0 Å². The van der Waals surface area contributed by atoms with Crippen LogP contribution in [-0.4, -0.2) is 13.6 Å². The zero-order valence-corrected chi connectivity index (χ0v) is 9.91. The maximum atomic E-state index is 8.76. The van der Waals surface area contributed by atoms with Crippen LogP contribution in [0.15, 0.2) is 18.2 Å². The maximum absolute atomic E-state index is 8.76. The molecule has 0 amide bonds. The van der Waals surface area contributed by atoms with Crippen LogP contribution in [-0.2, 0) is 0 Å². The molecule has 80 valence electrons. The number of hydrogen-bond acceptors (Lipinski definition) is 2. The van der Waals surface area contributed by atoms with Crippen molar-refractivity contribution in [2.24, 2.45) is 5.92 Å². The van der Waals surface area contributed by atoms with Gasteiger partial charge in [-0.15, -0.1) is 0 Å². The summed E-state index contributed by atoms with van der Waals surface area (Å²) < 4.78 is 0. The number of hydrogen-bond donors (Lipinski definition) is 0. The molecule has 1 aromatic carbocycles. The predicted molar refractivity (Wildman–Crippen MR) is 64.0 cm³/mol. The molecule has 0 bridgehead atoms. The van der Waals surface area contributed by atoms with Gasteiger partial charge in [0.1, 0.15) is 0 Å². The Balaban J connectivity index is 2.82. The zero-order valence-electron chi connectivity index (χ0n) is 9.91. The molecule has 0 spiro atoms. The van der Waals surface area contributed by atoms with E-state index in [9.17, 15) is 0 Å². The van der Waals surface area contributed by atoms with Gasteiger partial charge < -0.3 is 4.90 Å². The predicted octanol–water partition coefficient (Wildman–Crippen LogP) is 2.90. The summed E-state index contributed by atoms with van der Waals surface area (Å²) in [5, 5.41) is 8.76. The second-order valence-electron chi connectivity index (χ2n) is 4.26. The van der Waals surface area contributed by atoms with E-state index in [-0.39, 0.29) is 5.92 Å². The summed E-state index contributed by atoms with van der Waals surface area (Å²) in [4.78, 5) is 2.13. The molecule has 2 nitrogen and oxygen atoms in total. The van der Waals surface area contributed by atoms with Gasteiger partial charge in [0, 0.05) is 19.3 Å². The third-order valence-electron chi connectivity index (χ3n) is 2.42. The molecule has 0 saturated carbocycles. The van der Waals surface area contributed by atoms with E-state index in [0.717, 1.165) is 6.54 Å². The lowest BCUT2D eigenvalue weighted by atomic mass is 10.1. The Kier molecular flexibility index (Phi) is 3.74. The fourth-order valence-electron chi connectivity index (χ4n) is 1.73. The summed E-state index contributed by atoms with van der Waals surface area (Å²) in [6.45, 7) is 6.91. The van der Waals surface area contributed by atoms with Gasteiger partial charge in [-0.05, 0) is 44.0 Å². The highest BCUT2D eigenvalue weighted by atomic mass is 15.1. The maximum Gasteiger partial charge on any atom is 0.0671 e. The van der Waals surface area contributed by atoms with Crippen LogP contribution >= 0.6 is 0 Å². The molecule has 0 aromatic heterocycles. The summed E-state index contributed by atoms with van der Waals surface area (Å²) in [6.07, 6.45) is 0. The number of rotatable bonds is 3. The Hall–Kier alpha value is -1.49. The van der Waals surface area contributed by atoms with Crippen LogP contribution in [0.4, 0.5) is 5.69 Å². The summed E-state index contributed by atoms with van der Waals surface area (Å²) in [7, 11) is 2.03. The van der Waals surface area contributed by atoms with Crippen molar-refractivity contribution < 1.29 is 0 Å². The third-order valence-corrected chi connectivity index (χ3v) is 2.42. The van der Waals surface area contributed by atoms with Crippen molar-refractivity contribution in [3.05, 3.63) is 29.3 Å². The molecule has 15 heavy (non-hydrogen) atoms. The highest BCUT2D eigenvalue weighted by molar-refractivity contribution is 5.50. The van der Waals surface area contributed by atoms with Crippen LogP contribution < -0.4 is 4.90 Å². The number of anilines is 1. The van der Waals surface area contributed by atoms with Crippen LogP contribution in [0.3, 0.4) is 0 Å². The zero-order chi connectivity index (χ0) is 11.4. The monoisotopic (exact) mass is 202 g/mol. The summed E-state index contributed by atoms with van der Waals surface area (Å²) in [5.74, 6) is 0.0656. The molecule has 0 aliphatic rings. The largest absolute Gasteiger partial charge is 0.373 e. The van der Waals surface area contributed by atoms with Crippen LogP contribution in [0.1, 0.15) is 18.1 Å². The van der Waals surface area contributed by atoms with E-state index in [2.05, 4.69) is 43.0 Å². The standard InChI is InChI=1S/C13H18N2/c1-10-5-11(2)7-13(6-10)15(4)9-12(3)8-14/h5-7,12H,9H2,1-4H3. The van der Waals surface area contributed by atoms with Crippen molar-refractivity contribution in [2.45, 2.75) is 20.8 Å². The van der Waals surface area contributed by atoms with Gasteiger partial charge in [0.2, 0.25) is 0 Å². The van der Waals surface area contributed by atoms with E-state index in [1.807, 2.05) is 14.0 Å². The van der Waals surface area contributed by atoms with Gasteiger partial charge >= 0.3 is 0 Å². The van der Waals surface area contributed by atoms with Crippen molar-refractivity contribution in [3.63, 3.8) is 0 Å². The topological polar surface area (TPSA) is 27.0 Å². The molecular weight excluding hydrogens is 184 g/mol. The minimum atomic E-state index is 0.0656. The van der Waals surface area contributed by atoms with Crippen molar-refractivity contribution in [2.75, 3.05) is 18.5 Å². The minimum absolute atomic E-state index is 0.0656. The molecule has 1 aromatic rings. The van der Waals surface area contributed by atoms with Gasteiger partial charge in [-0.25, -0.2) is 0 Å². The van der Waals surface area contributed by atoms with Gasteiger partial charge in [-0.2, -0.15) is 5.26 Å². The Morgan fingerprint density at radius 2 is 1.80 bits per heavy atom. The molecular formula is C13H18N2. The molecule has 0 aliphatic heterocycles. The highest BCUT2D eigenvalue weighted by Gasteiger charge is 2.06. The molecule has 0 N–H and O–H groups in total. The summed E-state index contributed by atoms with van der Waals surface area (Å²) >= 11 is 0. The molecule has 0 fully saturated rings. The second-order valence-corrected chi connectivity index (χ2v) is 4.26. The molecule has 1 atom stereocenters. The van der Waals surface area contributed by atoms with Crippen LogP contribution in [0.5, 0.6) is 0 Å². The molecule has 0 heterocycles. The van der Waals surface area contributed by atoms with Gasteiger partial charge in [0.25, 0.3) is 0 Å². The van der Waals surface area contributed by atoms with Crippen LogP contribution in [0.2, 0.25) is 0 Å². The average molecular weight is 202 g/mol. The third kappa shape index (κ3) is 3.28. The average Bonchev–Trinajstić information content (AvgIpc) is 2.16. The van der Waals surface area contributed by atoms with Gasteiger partial charge in [0.05, 0.1) is 12.0 Å². The fraction of sp³-hybridized carbons (Fsp3) is 0.462. The lowest BCUT2D eigenvalue weighted by Crippen LogP contribution is -2.23. The fourth-order valence-corrected chi connectivity index (χ4v) is 1.73. The van der Waals surface area contributed by atoms with E-state index in [0.29, 0.717) is 0 Å². The smallest absolute Gasteiger partial charge is 0.0671 e. The lowest BCUT2D eigenvalue weighted by Gasteiger charge is -2.21. The first kappa shape index (κ1) is 11.6. The van der Waals surface area contributed by atoms with Crippen LogP contribution in [0.25, 0.3) is 0 Å². The summed E-state index contributed by atoms with van der Waals surface area (Å²) in [5.41, 5.74) is 3.72. The molecule has 2 heteroatoms. The molecule has 0 aliphatic carbocycles. The minimum Gasteiger partial charge on any atom is -0.373 e. The van der Waals surface area contributed by atoms with Crippen molar-refractivity contribution in [3.8, 4) is 6.07 Å². The second kappa shape index (κ2) is 4.84.